The molecular weight excluding hydrogens is 248 g/mol. The Hall–Kier alpha value is -1.67. The van der Waals surface area contributed by atoms with E-state index in [0.717, 1.165) is 6.54 Å². The van der Waals surface area contributed by atoms with E-state index >= 15 is 0 Å². The van der Waals surface area contributed by atoms with Crippen molar-refractivity contribution in [3.63, 3.8) is 0 Å². The van der Waals surface area contributed by atoms with Crippen LogP contribution < -0.4 is 15.9 Å². The van der Waals surface area contributed by atoms with Gasteiger partial charge in [0.2, 0.25) is 5.91 Å². The number of nitrogens with one attached hydrogen (secondary N) is 3. The summed E-state index contributed by atoms with van der Waals surface area (Å²) in [6.45, 7) is 2.82. The summed E-state index contributed by atoms with van der Waals surface area (Å²) in [6.07, 6.45) is 0. The molecule has 7 nitrogen and oxygen atoms in total. The summed E-state index contributed by atoms with van der Waals surface area (Å²) in [5.41, 5.74) is 1.16. The molecule has 1 aromatic rings. The molecular formula is C12H20N4O3. The van der Waals surface area contributed by atoms with Crippen LogP contribution >= 0.6 is 0 Å². The maximum atomic E-state index is 11.2. The topological polar surface area (TPSA) is 92.1 Å². The molecule has 1 rings (SSSR count). The third-order valence-corrected chi connectivity index (χ3v) is 2.44. The van der Waals surface area contributed by atoms with E-state index in [2.05, 4.69) is 10.6 Å². The number of carbonyl (C=O) groups is 1. The summed E-state index contributed by atoms with van der Waals surface area (Å²) >= 11 is 0. The molecule has 0 heterocycles. The molecule has 19 heavy (non-hydrogen) atoms. The Balaban J connectivity index is 2.82. The van der Waals surface area contributed by atoms with Gasteiger partial charge in [0, 0.05) is 31.8 Å². The molecule has 1 aromatic carbocycles. The predicted molar refractivity (Wildman–Crippen MR) is 73.6 cm³/mol. The second kappa shape index (κ2) is 7.05. The SMILES string of the molecule is CC(=O)Nc1ccc(NCCN(C)C)c([NH+]([O-])O)c1. The van der Waals surface area contributed by atoms with Crippen LogP contribution in [0, 0.1) is 5.21 Å². The number of benzene rings is 1. The monoisotopic (exact) mass is 268 g/mol. The Kier molecular flexibility index (Phi) is 5.71. The molecule has 1 atom stereocenters. The number of amides is 1. The number of hydrogen-bond donors (Lipinski definition) is 4. The molecule has 0 fully saturated rings. The fraction of sp³-hybridized carbons (Fsp3) is 0.417. The van der Waals surface area contributed by atoms with Crippen molar-refractivity contribution < 1.29 is 15.2 Å². The largest absolute Gasteiger partial charge is 0.595 e. The Morgan fingerprint density at radius 1 is 1.47 bits per heavy atom. The molecule has 106 valence electrons. The van der Waals surface area contributed by atoms with Gasteiger partial charge in [-0.1, -0.05) is 0 Å². The van der Waals surface area contributed by atoms with Crippen LogP contribution in [0.15, 0.2) is 18.2 Å². The smallest absolute Gasteiger partial charge is 0.221 e. The van der Waals surface area contributed by atoms with Gasteiger partial charge in [0.1, 0.15) is 0 Å². The molecule has 0 saturated carbocycles. The minimum Gasteiger partial charge on any atom is -0.595 e. The summed E-state index contributed by atoms with van der Waals surface area (Å²) in [5, 5.41) is 25.0. The van der Waals surface area contributed by atoms with Crippen LogP contribution in [-0.4, -0.2) is 43.2 Å². The van der Waals surface area contributed by atoms with Gasteiger partial charge in [0.15, 0.2) is 5.69 Å². The van der Waals surface area contributed by atoms with Crippen molar-refractivity contribution in [2.75, 3.05) is 37.8 Å². The van der Waals surface area contributed by atoms with Crippen molar-refractivity contribution in [1.29, 1.82) is 0 Å². The zero-order valence-electron chi connectivity index (χ0n) is 11.4. The van der Waals surface area contributed by atoms with Crippen LogP contribution in [0.2, 0.25) is 0 Å². The van der Waals surface area contributed by atoms with E-state index in [1.54, 1.807) is 12.1 Å². The summed E-state index contributed by atoms with van der Waals surface area (Å²) in [6, 6.07) is 4.78. The van der Waals surface area contributed by atoms with Gasteiger partial charge in [-0.15, -0.1) is 0 Å². The zero-order chi connectivity index (χ0) is 14.4. The number of carbonyl (C=O) groups excluding carboxylic acids is 1. The van der Waals surface area contributed by atoms with E-state index in [4.69, 9.17) is 5.21 Å². The first-order valence-corrected chi connectivity index (χ1v) is 5.93. The molecule has 0 saturated heterocycles. The van der Waals surface area contributed by atoms with E-state index in [0.29, 0.717) is 17.9 Å². The molecule has 7 heteroatoms. The fourth-order valence-electron chi connectivity index (χ4n) is 1.57. The van der Waals surface area contributed by atoms with E-state index in [1.807, 2.05) is 19.0 Å². The normalized spacial score (nSPS) is 12.3. The lowest BCUT2D eigenvalue weighted by atomic mass is 10.2. The molecule has 0 spiro atoms. The second-order valence-corrected chi connectivity index (χ2v) is 4.48. The number of quaternary nitrogens is 1. The minimum atomic E-state index is -1.03. The Morgan fingerprint density at radius 2 is 2.16 bits per heavy atom. The second-order valence-electron chi connectivity index (χ2n) is 4.48. The van der Waals surface area contributed by atoms with Crippen LogP contribution in [0.3, 0.4) is 0 Å². The van der Waals surface area contributed by atoms with Gasteiger partial charge in [-0.2, -0.15) is 5.23 Å². The third kappa shape index (κ3) is 5.23. The highest BCUT2D eigenvalue weighted by Gasteiger charge is 2.10. The molecule has 1 unspecified atom stereocenters. The number of hydrogen-bond acceptors (Lipinski definition) is 5. The van der Waals surface area contributed by atoms with E-state index in [-0.39, 0.29) is 11.6 Å². The highest BCUT2D eigenvalue weighted by atomic mass is 16.8. The lowest BCUT2D eigenvalue weighted by Gasteiger charge is -2.18. The maximum absolute atomic E-state index is 11.2. The standard InChI is InChI=1S/C12H20N4O3/c1-9(17)14-10-4-5-11(12(8-10)16(18)19)13-6-7-15(2)3/h4-5,8,13,16,18H,6-7H2,1-3H3,(H,14,17). The van der Waals surface area contributed by atoms with Crippen LogP contribution in [-0.2, 0) is 4.79 Å². The van der Waals surface area contributed by atoms with Crippen LogP contribution in [0.1, 0.15) is 6.92 Å². The number of likely N-dealkylation sites (N-methyl/N-ethyl adjacent to an activating group) is 1. The van der Waals surface area contributed by atoms with Gasteiger partial charge in [-0.3, -0.25) is 4.79 Å². The Bertz CT molecular complexity index is 435. The first-order valence-electron chi connectivity index (χ1n) is 5.93. The van der Waals surface area contributed by atoms with Crippen molar-refractivity contribution in [3.8, 4) is 0 Å². The fourth-order valence-corrected chi connectivity index (χ4v) is 1.57. The van der Waals surface area contributed by atoms with Crippen molar-refractivity contribution in [2.24, 2.45) is 0 Å². The molecule has 0 aliphatic carbocycles. The summed E-state index contributed by atoms with van der Waals surface area (Å²) in [7, 11) is 3.89. The van der Waals surface area contributed by atoms with E-state index in [9.17, 15) is 10.0 Å². The van der Waals surface area contributed by atoms with E-state index < -0.39 is 5.23 Å². The number of anilines is 2. The molecule has 4 N–H and O–H groups in total. The van der Waals surface area contributed by atoms with Gasteiger partial charge >= 0.3 is 0 Å². The highest BCUT2D eigenvalue weighted by molar-refractivity contribution is 5.89. The van der Waals surface area contributed by atoms with Crippen molar-refractivity contribution in [1.82, 2.24) is 4.90 Å². The van der Waals surface area contributed by atoms with Crippen molar-refractivity contribution >= 4 is 23.0 Å². The van der Waals surface area contributed by atoms with Gasteiger partial charge in [-0.05, 0) is 26.2 Å². The summed E-state index contributed by atoms with van der Waals surface area (Å²) in [5.74, 6) is -0.232. The average molecular weight is 268 g/mol. The lowest BCUT2D eigenvalue weighted by molar-refractivity contribution is -0.990. The van der Waals surface area contributed by atoms with E-state index in [1.165, 1.54) is 13.0 Å². The predicted octanol–water partition coefficient (Wildman–Crippen LogP) is 0.0219. The zero-order valence-corrected chi connectivity index (χ0v) is 11.4. The lowest BCUT2D eigenvalue weighted by Crippen LogP contribution is -2.99. The van der Waals surface area contributed by atoms with Crippen molar-refractivity contribution in [3.05, 3.63) is 23.4 Å². The van der Waals surface area contributed by atoms with Gasteiger partial charge < -0.3 is 20.7 Å². The third-order valence-electron chi connectivity index (χ3n) is 2.44. The van der Waals surface area contributed by atoms with Crippen LogP contribution in [0.5, 0.6) is 0 Å². The quantitative estimate of drug-likeness (QED) is 0.546. The highest BCUT2D eigenvalue weighted by Crippen LogP contribution is 2.22. The molecule has 1 amide bonds. The Labute approximate surface area is 112 Å². The first-order chi connectivity index (χ1) is 8.90. The minimum absolute atomic E-state index is 0.144. The number of nitrogens with zero attached hydrogens (tertiary/aromatic N) is 1. The molecule has 0 aromatic heterocycles. The van der Waals surface area contributed by atoms with Crippen molar-refractivity contribution in [2.45, 2.75) is 6.92 Å². The first kappa shape index (κ1) is 15.4. The number of rotatable bonds is 6. The van der Waals surface area contributed by atoms with Gasteiger partial charge in [0.05, 0.1) is 5.69 Å². The van der Waals surface area contributed by atoms with Crippen LogP contribution in [0.25, 0.3) is 0 Å². The molecule has 0 radical (unpaired) electrons. The Morgan fingerprint density at radius 3 is 2.68 bits per heavy atom. The molecule has 0 aliphatic rings. The summed E-state index contributed by atoms with van der Waals surface area (Å²) < 4.78 is 0. The average Bonchev–Trinajstić information content (AvgIpc) is 2.29. The summed E-state index contributed by atoms with van der Waals surface area (Å²) in [4.78, 5) is 12.9. The van der Waals surface area contributed by atoms with Crippen LogP contribution in [0.4, 0.5) is 17.1 Å². The molecule has 0 bridgehead atoms. The maximum Gasteiger partial charge on any atom is 0.221 e. The molecule has 0 aliphatic heterocycles. The van der Waals surface area contributed by atoms with Gasteiger partial charge in [0.25, 0.3) is 0 Å². The van der Waals surface area contributed by atoms with Gasteiger partial charge in [-0.25, -0.2) is 5.21 Å².